The summed E-state index contributed by atoms with van der Waals surface area (Å²) < 4.78 is 4.65. The van der Waals surface area contributed by atoms with Gasteiger partial charge in [0.05, 0.1) is 15.9 Å². The fourth-order valence-electron chi connectivity index (χ4n) is 6.59. The number of benzene rings is 6. The highest BCUT2D eigenvalue weighted by Crippen LogP contribution is 2.43. The van der Waals surface area contributed by atoms with Gasteiger partial charge >= 0.3 is 0 Å². The number of hydrogen-bond acceptors (Lipinski definition) is 7. The first-order chi connectivity index (χ1) is 24.8. The van der Waals surface area contributed by atoms with Crippen LogP contribution < -0.4 is 0 Å². The van der Waals surface area contributed by atoms with Crippen LogP contribution in [-0.4, -0.2) is 24.9 Å². The Morgan fingerprint density at radius 3 is 1.68 bits per heavy atom. The molecule has 0 radical (unpaired) electrons. The van der Waals surface area contributed by atoms with E-state index < -0.39 is 0 Å². The molecule has 0 bridgehead atoms. The number of nitrogens with zero attached hydrogens (tertiary/aromatic N) is 5. The molecule has 0 amide bonds. The molecule has 0 fully saturated rings. The second-order valence-electron chi connectivity index (χ2n) is 12.1. The number of rotatable bonds is 5. The van der Waals surface area contributed by atoms with Crippen LogP contribution in [0.1, 0.15) is 0 Å². The molecule has 10 rings (SSSR count). The smallest absolute Gasteiger partial charge is 0.164 e. The highest BCUT2D eigenvalue weighted by Gasteiger charge is 2.19. The van der Waals surface area contributed by atoms with Gasteiger partial charge in [-0.3, -0.25) is 0 Å². The van der Waals surface area contributed by atoms with E-state index in [-0.39, 0.29) is 0 Å². The van der Waals surface area contributed by atoms with Crippen LogP contribution in [0.25, 0.3) is 97.3 Å². The lowest BCUT2D eigenvalue weighted by Gasteiger charge is -2.09. The number of hydrogen-bond donors (Lipinski definition) is 0. The summed E-state index contributed by atoms with van der Waals surface area (Å²) in [6.45, 7) is 0. The zero-order valence-corrected chi connectivity index (χ0v) is 28.1. The maximum atomic E-state index is 5.22. The molecule has 0 unspecified atom stereocenters. The topological polar surface area (TPSA) is 64.5 Å². The largest absolute Gasteiger partial charge is 0.226 e. The van der Waals surface area contributed by atoms with Crippen LogP contribution in [0.4, 0.5) is 0 Å². The van der Waals surface area contributed by atoms with E-state index in [0.29, 0.717) is 17.5 Å². The van der Waals surface area contributed by atoms with Crippen LogP contribution in [0.15, 0.2) is 152 Å². The van der Waals surface area contributed by atoms with Crippen molar-refractivity contribution >= 4 is 63.1 Å². The van der Waals surface area contributed by atoms with Crippen LogP contribution in [0.5, 0.6) is 0 Å². The van der Waals surface area contributed by atoms with Gasteiger partial charge in [-0.15, -0.1) is 22.7 Å². The lowest BCUT2D eigenvalue weighted by molar-refractivity contribution is 1.08. The fraction of sp³-hybridized carbons (Fsp3) is 0. The summed E-state index contributed by atoms with van der Waals surface area (Å²) in [5, 5.41) is 3.44. The Balaban J connectivity index is 1.16. The molecule has 0 N–H and O–H groups in total. The molecule has 0 spiro atoms. The van der Waals surface area contributed by atoms with E-state index in [0.717, 1.165) is 70.4 Å². The Morgan fingerprint density at radius 2 is 0.960 bits per heavy atom. The van der Waals surface area contributed by atoms with Crippen molar-refractivity contribution < 1.29 is 0 Å². The average Bonchev–Trinajstić information content (AvgIpc) is 3.76. The first kappa shape index (κ1) is 28.8. The summed E-state index contributed by atoms with van der Waals surface area (Å²) in [5.41, 5.74) is 6.90. The summed E-state index contributed by atoms with van der Waals surface area (Å²) >= 11 is 3.52. The molecule has 0 saturated heterocycles. The molecule has 4 aromatic heterocycles. The average molecular weight is 676 g/mol. The molecule has 7 heteroatoms. The van der Waals surface area contributed by atoms with Gasteiger partial charge in [0, 0.05) is 58.1 Å². The first-order valence-electron chi connectivity index (χ1n) is 16.3. The van der Waals surface area contributed by atoms with Crippen molar-refractivity contribution in [2.24, 2.45) is 0 Å². The summed E-state index contributed by atoms with van der Waals surface area (Å²) in [5.74, 6) is 2.67. The van der Waals surface area contributed by atoms with Crippen molar-refractivity contribution in [2.45, 2.75) is 0 Å². The maximum Gasteiger partial charge on any atom is 0.164 e. The van der Waals surface area contributed by atoms with Gasteiger partial charge in [0.15, 0.2) is 23.3 Å². The standard InChI is InChI=1S/C43H25N5S2/c1-4-13-26(14-5-1)37-39-38(31-19-10-11-21-33(31)50-39)45-42(44-37)29-23-24-30-35(25-29)49-34-22-12-20-32(36(30)34)43-47-40(27-15-6-2-7-16-27)46-41(48-43)28-17-8-3-9-18-28/h1-25H. The van der Waals surface area contributed by atoms with E-state index in [9.17, 15) is 0 Å². The first-order valence-corrected chi connectivity index (χ1v) is 18.0. The van der Waals surface area contributed by atoms with Crippen molar-refractivity contribution in [2.75, 3.05) is 0 Å². The minimum Gasteiger partial charge on any atom is -0.226 e. The zero-order chi connectivity index (χ0) is 33.0. The van der Waals surface area contributed by atoms with Crippen LogP contribution in [0.2, 0.25) is 0 Å². The van der Waals surface area contributed by atoms with E-state index in [2.05, 4.69) is 84.9 Å². The van der Waals surface area contributed by atoms with E-state index in [1.807, 2.05) is 66.7 Å². The van der Waals surface area contributed by atoms with Gasteiger partial charge in [0.25, 0.3) is 0 Å². The van der Waals surface area contributed by atoms with Gasteiger partial charge in [0.2, 0.25) is 0 Å². The van der Waals surface area contributed by atoms with Crippen molar-refractivity contribution in [1.82, 2.24) is 24.9 Å². The summed E-state index contributed by atoms with van der Waals surface area (Å²) in [6.07, 6.45) is 0. The van der Waals surface area contributed by atoms with Crippen LogP contribution in [0.3, 0.4) is 0 Å². The molecule has 0 aliphatic rings. The molecule has 234 valence electrons. The molecule has 4 heterocycles. The second kappa shape index (κ2) is 11.8. The lowest BCUT2D eigenvalue weighted by atomic mass is 10.0. The van der Waals surface area contributed by atoms with Crippen molar-refractivity contribution in [3.05, 3.63) is 152 Å². The Hall–Kier alpha value is -6.15. The molecule has 50 heavy (non-hydrogen) atoms. The van der Waals surface area contributed by atoms with Gasteiger partial charge in [-0.25, -0.2) is 24.9 Å². The third kappa shape index (κ3) is 4.86. The highest BCUT2D eigenvalue weighted by molar-refractivity contribution is 7.26. The molecular weight excluding hydrogens is 651 g/mol. The molecular formula is C43H25N5S2. The summed E-state index contributed by atoms with van der Waals surface area (Å²) in [7, 11) is 0. The Labute approximate surface area is 295 Å². The molecule has 0 aliphatic carbocycles. The van der Waals surface area contributed by atoms with Gasteiger partial charge in [-0.2, -0.15) is 0 Å². The molecule has 0 saturated carbocycles. The Morgan fingerprint density at radius 1 is 0.360 bits per heavy atom. The minimum atomic E-state index is 0.649. The molecule has 0 aliphatic heterocycles. The van der Waals surface area contributed by atoms with E-state index in [4.69, 9.17) is 24.9 Å². The molecule has 5 nitrogen and oxygen atoms in total. The van der Waals surface area contributed by atoms with E-state index >= 15 is 0 Å². The predicted molar refractivity (Wildman–Crippen MR) is 208 cm³/mol. The number of thiophene rings is 2. The van der Waals surface area contributed by atoms with Crippen molar-refractivity contribution in [3.8, 4) is 56.8 Å². The van der Waals surface area contributed by atoms with Gasteiger partial charge < -0.3 is 0 Å². The van der Waals surface area contributed by atoms with Crippen molar-refractivity contribution in [3.63, 3.8) is 0 Å². The van der Waals surface area contributed by atoms with Crippen LogP contribution >= 0.6 is 22.7 Å². The Kier molecular flexibility index (Phi) is 6.79. The summed E-state index contributed by atoms with van der Waals surface area (Å²) in [6, 6.07) is 52.1. The summed E-state index contributed by atoms with van der Waals surface area (Å²) in [4.78, 5) is 25.4. The minimum absolute atomic E-state index is 0.649. The third-order valence-electron chi connectivity index (χ3n) is 8.96. The number of aromatic nitrogens is 5. The quantitative estimate of drug-likeness (QED) is 0.182. The second-order valence-corrected chi connectivity index (χ2v) is 14.2. The molecule has 0 atom stereocenters. The van der Waals surface area contributed by atoms with Gasteiger partial charge in [0.1, 0.15) is 0 Å². The Bertz CT molecular complexity index is 2810. The van der Waals surface area contributed by atoms with Gasteiger partial charge in [-0.1, -0.05) is 133 Å². The van der Waals surface area contributed by atoms with E-state index in [1.54, 1.807) is 22.7 Å². The SMILES string of the molecule is c1ccc(-c2nc(-c3ccccc3)nc(-c3cccc4sc5cc(-c6nc(-c7ccccc7)c7sc8ccccc8c7n6)ccc5c34)n2)cc1. The maximum absolute atomic E-state index is 5.22. The predicted octanol–water partition coefficient (Wildman–Crippen LogP) is 11.7. The molecule has 10 aromatic rings. The molecule has 6 aromatic carbocycles. The number of fused-ring (bicyclic) bond motifs is 6. The van der Waals surface area contributed by atoms with Crippen LogP contribution in [-0.2, 0) is 0 Å². The zero-order valence-electron chi connectivity index (χ0n) is 26.5. The monoisotopic (exact) mass is 675 g/mol. The highest BCUT2D eigenvalue weighted by atomic mass is 32.1. The third-order valence-corrected chi connectivity index (χ3v) is 11.2. The van der Waals surface area contributed by atoms with E-state index in [1.165, 1.54) is 9.40 Å². The van der Waals surface area contributed by atoms with Crippen LogP contribution in [0, 0.1) is 0 Å². The van der Waals surface area contributed by atoms with Crippen molar-refractivity contribution in [1.29, 1.82) is 0 Å². The normalized spacial score (nSPS) is 11.6. The van der Waals surface area contributed by atoms with Gasteiger partial charge in [-0.05, 0) is 18.2 Å². The lowest BCUT2D eigenvalue weighted by Crippen LogP contribution is -2.00. The fourth-order valence-corrected chi connectivity index (χ4v) is 8.92.